The molecule has 0 amide bonds. The average Bonchev–Trinajstić information content (AvgIpc) is 2.12. The Morgan fingerprint density at radius 1 is 1.54 bits per heavy atom. The van der Waals surface area contributed by atoms with Crippen LogP contribution in [0.1, 0.15) is 24.1 Å². The van der Waals surface area contributed by atoms with E-state index < -0.39 is 0 Å². The van der Waals surface area contributed by atoms with Crippen molar-refractivity contribution in [3.05, 3.63) is 34.1 Å². The fraction of sp³-hybridized carbons (Fsp3) is 0.333. The molecule has 0 unspecified atom stereocenters. The molecule has 1 atom stereocenters. The Labute approximate surface area is 81.9 Å². The van der Waals surface area contributed by atoms with Gasteiger partial charge in [-0.2, -0.15) is 0 Å². The molecule has 0 aliphatic carbocycles. The molecule has 0 aliphatic heterocycles. The first-order valence-corrected chi connectivity index (χ1v) is 4.36. The monoisotopic (exact) mass is 202 g/mol. The molecular weight excluding hydrogens is 191 g/mol. The molecule has 0 aromatic heterocycles. The number of rotatable bonds is 2. The highest BCUT2D eigenvalue weighted by atomic mass is 35.5. The summed E-state index contributed by atoms with van der Waals surface area (Å²) in [6.07, 6.45) is 0. The van der Waals surface area contributed by atoms with E-state index in [1.807, 2.05) is 0 Å². The summed E-state index contributed by atoms with van der Waals surface area (Å²) < 4.78 is 13.5. The molecule has 72 valence electrons. The van der Waals surface area contributed by atoms with Crippen LogP contribution in [-0.2, 0) is 0 Å². The molecule has 1 aromatic rings. The number of hydrazine groups is 1. The average molecular weight is 203 g/mol. The summed E-state index contributed by atoms with van der Waals surface area (Å²) in [6, 6.07) is 3.03. The zero-order valence-electron chi connectivity index (χ0n) is 7.57. The van der Waals surface area contributed by atoms with Crippen LogP contribution < -0.4 is 11.3 Å². The van der Waals surface area contributed by atoms with Crippen LogP contribution in [0.15, 0.2) is 12.1 Å². The first-order chi connectivity index (χ1) is 6.07. The molecule has 0 aliphatic rings. The normalized spacial score (nSPS) is 13.0. The van der Waals surface area contributed by atoms with Gasteiger partial charge in [0.15, 0.2) is 0 Å². The van der Waals surface area contributed by atoms with Crippen LogP contribution in [0, 0.1) is 12.7 Å². The smallest absolute Gasteiger partial charge is 0.132 e. The van der Waals surface area contributed by atoms with E-state index in [0.29, 0.717) is 16.1 Å². The Hall–Kier alpha value is -0.640. The second-order valence-corrected chi connectivity index (χ2v) is 3.39. The molecule has 1 rings (SSSR count). The van der Waals surface area contributed by atoms with Gasteiger partial charge >= 0.3 is 0 Å². The first kappa shape index (κ1) is 10.4. The van der Waals surface area contributed by atoms with Crippen LogP contribution in [0.25, 0.3) is 0 Å². The molecule has 0 saturated carbocycles. The maximum Gasteiger partial charge on any atom is 0.132 e. The minimum atomic E-state index is -0.294. The molecule has 2 nitrogen and oxygen atoms in total. The van der Waals surface area contributed by atoms with Crippen molar-refractivity contribution in [3.63, 3.8) is 0 Å². The Kier molecular flexibility index (Phi) is 3.25. The molecule has 1 aromatic carbocycles. The van der Waals surface area contributed by atoms with Crippen molar-refractivity contribution in [2.75, 3.05) is 0 Å². The van der Waals surface area contributed by atoms with Gasteiger partial charge in [0.25, 0.3) is 0 Å². The molecule has 0 fully saturated rings. The number of benzene rings is 1. The van der Waals surface area contributed by atoms with Crippen LogP contribution in [0.3, 0.4) is 0 Å². The quantitative estimate of drug-likeness (QED) is 0.571. The number of hydrogen-bond acceptors (Lipinski definition) is 2. The summed E-state index contributed by atoms with van der Waals surface area (Å²) in [5, 5.41) is 0.397. The summed E-state index contributed by atoms with van der Waals surface area (Å²) in [5.74, 6) is 4.92. The lowest BCUT2D eigenvalue weighted by molar-refractivity contribution is 0.537. The van der Waals surface area contributed by atoms with Crippen molar-refractivity contribution in [1.29, 1.82) is 0 Å². The summed E-state index contributed by atoms with van der Waals surface area (Å²) in [4.78, 5) is 0. The molecule has 4 heteroatoms. The van der Waals surface area contributed by atoms with E-state index in [2.05, 4.69) is 5.43 Å². The zero-order valence-corrected chi connectivity index (χ0v) is 8.32. The first-order valence-electron chi connectivity index (χ1n) is 3.98. The second-order valence-electron chi connectivity index (χ2n) is 2.98. The van der Waals surface area contributed by atoms with Crippen LogP contribution in [-0.4, -0.2) is 0 Å². The largest absolute Gasteiger partial charge is 0.271 e. The summed E-state index contributed by atoms with van der Waals surface area (Å²) in [7, 11) is 0. The number of nitrogens with one attached hydrogen (secondary N) is 1. The second kappa shape index (κ2) is 4.05. The molecular formula is C9H12ClFN2. The van der Waals surface area contributed by atoms with Crippen molar-refractivity contribution in [1.82, 2.24) is 5.43 Å². The topological polar surface area (TPSA) is 38.0 Å². The minimum absolute atomic E-state index is 0.285. The Balaban J connectivity index is 3.25. The number of hydrogen-bond donors (Lipinski definition) is 2. The van der Waals surface area contributed by atoms with E-state index in [4.69, 9.17) is 17.4 Å². The van der Waals surface area contributed by atoms with E-state index in [-0.39, 0.29) is 11.9 Å². The van der Waals surface area contributed by atoms with Gasteiger partial charge in [-0.25, -0.2) is 4.39 Å². The lowest BCUT2D eigenvalue weighted by atomic mass is 10.1. The SMILES string of the molecule is Cc1ccc(Cl)c([C@@H](C)NN)c1F. The van der Waals surface area contributed by atoms with Gasteiger partial charge in [0.05, 0.1) is 0 Å². The van der Waals surface area contributed by atoms with Crippen LogP contribution in [0.2, 0.25) is 5.02 Å². The molecule has 0 heterocycles. The third-order valence-electron chi connectivity index (χ3n) is 2.00. The lowest BCUT2D eigenvalue weighted by Gasteiger charge is -2.14. The molecule has 0 spiro atoms. The van der Waals surface area contributed by atoms with E-state index >= 15 is 0 Å². The maximum atomic E-state index is 13.5. The fourth-order valence-corrected chi connectivity index (χ4v) is 1.47. The molecule has 0 saturated heterocycles. The number of aryl methyl sites for hydroxylation is 1. The third-order valence-corrected chi connectivity index (χ3v) is 2.33. The van der Waals surface area contributed by atoms with Crippen LogP contribution in [0.4, 0.5) is 4.39 Å². The van der Waals surface area contributed by atoms with Gasteiger partial charge in [-0.15, -0.1) is 0 Å². The lowest BCUT2D eigenvalue weighted by Crippen LogP contribution is -2.26. The number of nitrogens with two attached hydrogens (primary N) is 1. The summed E-state index contributed by atoms with van der Waals surface area (Å²) in [6.45, 7) is 3.45. The van der Waals surface area contributed by atoms with Crippen LogP contribution in [0.5, 0.6) is 0 Å². The predicted molar refractivity (Wildman–Crippen MR) is 51.9 cm³/mol. The predicted octanol–water partition coefficient (Wildman–Crippen LogP) is 2.31. The molecule has 0 bridgehead atoms. The fourth-order valence-electron chi connectivity index (χ4n) is 1.16. The Morgan fingerprint density at radius 2 is 2.15 bits per heavy atom. The third kappa shape index (κ3) is 1.99. The molecule has 0 radical (unpaired) electrons. The highest BCUT2D eigenvalue weighted by Crippen LogP contribution is 2.27. The van der Waals surface area contributed by atoms with E-state index in [1.54, 1.807) is 26.0 Å². The van der Waals surface area contributed by atoms with Gasteiger partial charge in [0.2, 0.25) is 0 Å². The van der Waals surface area contributed by atoms with Crippen LogP contribution >= 0.6 is 11.6 Å². The van der Waals surface area contributed by atoms with Crippen molar-refractivity contribution in [2.45, 2.75) is 19.9 Å². The summed E-state index contributed by atoms with van der Waals surface area (Å²) in [5.41, 5.74) is 3.46. The van der Waals surface area contributed by atoms with Crippen molar-refractivity contribution in [3.8, 4) is 0 Å². The highest BCUT2D eigenvalue weighted by Gasteiger charge is 2.15. The van der Waals surface area contributed by atoms with Gasteiger partial charge in [-0.05, 0) is 25.5 Å². The standard InChI is InChI=1S/C9H12ClFN2/c1-5-3-4-7(10)8(9(5)11)6(2)13-12/h3-4,6,13H,12H2,1-2H3/t6-/m1/s1. The van der Waals surface area contributed by atoms with Crippen molar-refractivity contribution >= 4 is 11.6 Å². The maximum absolute atomic E-state index is 13.5. The van der Waals surface area contributed by atoms with E-state index in [1.165, 1.54) is 0 Å². The van der Waals surface area contributed by atoms with Crippen molar-refractivity contribution in [2.24, 2.45) is 5.84 Å². The van der Waals surface area contributed by atoms with E-state index in [0.717, 1.165) is 0 Å². The minimum Gasteiger partial charge on any atom is -0.271 e. The number of halogens is 2. The highest BCUT2D eigenvalue weighted by molar-refractivity contribution is 6.31. The van der Waals surface area contributed by atoms with E-state index in [9.17, 15) is 4.39 Å². The Bertz CT molecular complexity index is 315. The zero-order chi connectivity index (χ0) is 10.0. The van der Waals surface area contributed by atoms with Gasteiger partial charge in [-0.3, -0.25) is 11.3 Å². The molecule has 3 N–H and O–H groups in total. The Morgan fingerprint density at radius 3 is 2.69 bits per heavy atom. The summed E-state index contributed by atoms with van der Waals surface area (Å²) >= 11 is 5.84. The van der Waals surface area contributed by atoms with Gasteiger partial charge < -0.3 is 0 Å². The van der Waals surface area contributed by atoms with Gasteiger partial charge in [0, 0.05) is 16.6 Å². The van der Waals surface area contributed by atoms with Gasteiger partial charge in [0.1, 0.15) is 5.82 Å². The van der Waals surface area contributed by atoms with Crippen molar-refractivity contribution < 1.29 is 4.39 Å². The van der Waals surface area contributed by atoms with Gasteiger partial charge in [-0.1, -0.05) is 17.7 Å². The molecule has 13 heavy (non-hydrogen) atoms.